The molecule has 1 aromatic carbocycles. The topological polar surface area (TPSA) is 12.0 Å². The molecule has 3 heteroatoms. The van der Waals surface area contributed by atoms with E-state index >= 15 is 0 Å². The largest absolute Gasteiger partial charge is 0.310 e. The molecule has 0 fully saturated rings. The fraction of sp³-hybridized carbons (Fsp3) is 0.333. The van der Waals surface area contributed by atoms with Crippen molar-refractivity contribution in [2.24, 2.45) is 0 Å². The molecule has 1 unspecified atom stereocenters. The van der Waals surface area contributed by atoms with Gasteiger partial charge in [-0.3, -0.25) is 0 Å². The van der Waals surface area contributed by atoms with E-state index in [1.807, 2.05) is 12.1 Å². The maximum Gasteiger partial charge on any atom is 0.137 e. The lowest BCUT2D eigenvalue weighted by Gasteiger charge is -2.12. The van der Waals surface area contributed by atoms with Crippen molar-refractivity contribution in [3.05, 3.63) is 46.7 Å². The van der Waals surface area contributed by atoms with E-state index in [1.54, 1.807) is 6.07 Å². The Bertz CT molecular complexity index is 338. The van der Waals surface area contributed by atoms with Gasteiger partial charge in [-0.2, -0.15) is 0 Å². The average molecular weight is 272 g/mol. The van der Waals surface area contributed by atoms with Crippen LogP contribution in [0.2, 0.25) is 0 Å². The highest BCUT2D eigenvalue weighted by Gasteiger charge is 2.05. The number of hydrogen-bond acceptors (Lipinski definition) is 1. The Balaban J connectivity index is 2.57. The van der Waals surface area contributed by atoms with Crippen LogP contribution >= 0.6 is 15.9 Å². The molecule has 0 amide bonds. The van der Waals surface area contributed by atoms with Crippen molar-refractivity contribution < 1.29 is 4.39 Å². The lowest BCUT2D eigenvalue weighted by Crippen LogP contribution is -2.24. The van der Waals surface area contributed by atoms with Gasteiger partial charge in [0, 0.05) is 12.6 Å². The van der Waals surface area contributed by atoms with Crippen molar-refractivity contribution in [1.82, 2.24) is 5.32 Å². The number of rotatable bonds is 5. The lowest BCUT2D eigenvalue weighted by molar-refractivity contribution is 0.548. The molecule has 1 N–H and O–H groups in total. The van der Waals surface area contributed by atoms with Crippen molar-refractivity contribution in [2.75, 3.05) is 0 Å². The number of hydrogen-bond donors (Lipinski definition) is 1. The third kappa shape index (κ3) is 3.76. The quantitative estimate of drug-likeness (QED) is 0.807. The van der Waals surface area contributed by atoms with Gasteiger partial charge in [0.25, 0.3) is 0 Å². The van der Waals surface area contributed by atoms with Crippen LogP contribution in [0.25, 0.3) is 0 Å². The number of halogens is 2. The van der Waals surface area contributed by atoms with Crippen molar-refractivity contribution in [1.29, 1.82) is 0 Å². The molecule has 0 saturated heterocycles. The Labute approximate surface area is 98.5 Å². The highest BCUT2D eigenvalue weighted by Crippen LogP contribution is 2.20. The molecule has 0 bridgehead atoms. The zero-order chi connectivity index (χ0) is 11.3. The number of nitrogens with one attached hydrogen (secondary N) is 1. The van der Waals surface area contributed by atoms with Gasteiger partial charge < -0.3 is 5.32 Å². The third-order valence-electron chi connectivity index (χ3n) is 2.19. The van der Waals surface area contributed by atoms with Gasteiger partial charge in [0.1, 0.15) is 5.82 Å². The van der Waals surface area contributed by atoms with Crippen LogP contribution in [0.15, 0.2) is 35.3 Å². The van der Waals surface area contributed by atoms with Gasteiger partial charge in [-0.05, 0) is 40.9 Å². The minimum atomic E-state index is -0.217. The fourth-order valence-corrected chi connectivity index (χ4v) is 1.71. The number of benzene rings is 1. The SMILES string of the molecule is C=CCC(C)NCc1cccc(F)c1Br. The summed E-state index contributed by atoms with van der Waals surface area (Å²) in [5, 5.41) is 3.30. The summed E-state index contributed by atoms with van der Waals surface area (Å²) in [6.45, 7) is 6.42. The van der Waals surface area contributed by atoms with Gasteiger partial charge in [-0.25, -0.2) is 4.39 Å². The maximum absolute atomic E-state index is 13.2. The van der Waals surface area contributed by atoms with Crippen LogP contribution in [0, 0.1) is 5.82 Å². The molecular weight excluding hydrogens is 257 g/mol. The van der Waals surface area contributed by atoms with Gasteiger partial charge in [-0.15, -0.1) is 6.58 Å². The van der Waals surface area contributed by atoms with Gasteiger partial charge in [0.2, 0.25) is 0 Å². The predicted molar refractivity (Wildman–Crippen MR) is 65.2 cm³/mol. The first kappa shape index (κ1) is 12.4. The zero-order valence-electron chi connectivity index (χ0n) is 8.76. The van der Waals surface area contributed by atoms with E-state index in [2.05, 4.69) is 34.7 Å². The molecule has 0 aliphatic rings. The van der Waals surface area contributed by atoms with Crippen LogP contribution in [0.4, 0.5) is 4.39 Å². The first-order valence-electron chi connectivity index (χ1n) is 4.92. The fourth-order valence-electron chi connectivity index (χ4n) is 1.30. The minimum absolute atomic E-state index is 0.217. The molecule has 1 atom stereocenters. The molecule has 15 heavy (non-hydrogen) atoms. The summed E-state index contributed by atoms with van der Waals surface area (Å²) in [4.78, 5) is 0. The first-order chi connectivity index (χ1) is 7.15. The van der Waals surface area contributed by atoms with E-state index in [0.29, 0.717) is 17.1 Å². The van der Waals surface area contributed by atoms with E-state index in [1.165, 1.54) is 6.07 Å². The Morgan fingerprint density at radius 2 is 2.33 bits per heavy atom. The summed E-state index contributed by atoms with van der Waals surface area (Å²) in [6, 6.07) is 5.43. The lowest BCUT2D eigenvalue weighted by atomic mass is 10.2. The van der Waals surface area contributed by atoms with Gasteiger partial charge in [0.15, 0.2) is 0 Å². The summed E-state index contributed by atoms with van der Waals surface area (Å²) >= 11 is 3.23. The molecular formula is C12H15BrFN. The second-order valence-corrected chi connectivity index (χ2v) is 4.31. The van der Waals surface area contributed by atoms with Gasteiger partial charge in [0.05, 0.1) is 4.47 Å². The van der Waals surface area contributed by atoms with Crippen molar-refractivity contribution in [3.8, 4) is 0 Å². The summed E-state index contributed by atoms with van der Waals surface area (Å²) in [7, 11) is 0. The summed E-state index contributed by atoms with van der Waals surface area (Å²) < 4.78 is 13.7. The standard InChI is InChI=1S/C12H15BrFN/c1-3-5-9(2)15-8-10-6-4-7-11(14)12(10)13/h3-4,6-7,9,15H,1,5,8H2,2H3. The van der Waals surface area contributed by atoms with E-state index in [9.17, 15) is 4.39 Å². The van der Waals surface area contributed by atoms with Crippen molar-refractivity contribution >= 4 is 15.9 Å². The molecule has 1 rings (SSSR count). The summed E-state index contributed by atoms with van der Waals surface area (Å²) in [6.07, 6.45) is 2.78. The van der Waals surface area contributed by atoms with Gasteiger partial charge >= 0.3 is 0 Å². The molecule has 0 aliphatic carbocycles. The first-order valence-corrected chi connectivity index (χ1v) is 5.71. The van der Waals surface area contributed by atoms with E-state index in [-0.39, 0.29) is 5.82 Å². The van der Waals surface area contributed by atoms with Crippen LogP contribution in [-0.2, 0) is 6.54 Å². The Morgan fingerprint density at radius 3 is 3.00 bits per heavy atom. The van der Waals surface area contributed by atoms with Crippen LogP contribution in [0.3, 0.4) is 0 Å². The average Bonchev–Trinajstić information content (AvgIpc) is 2.21. The summed E-state index contributed by atoms with van der Waals surface area (Å²) in [5.74, 6) is -0.217. The van der Waals surface area contributed by atoms with Crippen LogP contribution in [0.5, 0.6) is 0 Å². The zero-order valence-corrected chi connectivity index (χ0v) is 10.3. The second-order valence-electron chi connectivity index (χ2n) is 3.52. The second kappa shape index (κ2) is 6.03. The highest BCUT2D eigenvalue weighted by atomic mass is 79.9. The monoisotopic (exact) mass is 271 g/mol. The molecule has 1 nitrogen and oxygen atoms in total. The summed E-state index contributed by atoms with van der Waals surface area (Å²) in [5.41, 5.74) is 0.936. The van der Waals surface area contributed by atoms with Crippen LogP contribution < -0.4 is 5.32 Å². The molecule has 1 aromatic rings. The van der Waals surface area contributed by atoms with Crippen molar-refractivity contribution in [3.63, 3.8) is 0 Å². The third-order valence-corrected chi connectivity index (χ3v) is 3.08. The maximum atomic E-state index is 13.2. The smallest absolute Gasteiger partial charge is 0.137 e. The van der Waals surface area contributed by atoms with Crippen LogP contribution in [0.1, 0.15) is 18.9 Å². The van der Waals surface area contributed by atoms with E-state index < -0.39 is 0 Å². The Morgan fingerprint density at radius 1 is 1.60 bits per heavy atom. The van der Waals surface area contributed by atoms with E-state index in [4.69, 9.17) is 0 Å². The van der Waals surface area contributed by atoms with Gasteiger partial charge in [-0.1, -0.05) is 18.2 Å². The molecule has 0 heterocycles. The van der Waals surface area contributed by atoms with Crippen molar-refractivity contribution in [2.45, 2.75) is 25.9 Å². The highest BCUT2D eigenvalue weighted by molar-refractivity contribution is 9.10. The Hall–Kier alpha value is -0.670. The molecule has 0 spiro atoms. The Kier molecular flexibility index (Phi) is 4.99. The molecule has 0 aliphatic heterocycles. The predicted octanol–water partition coefficient (Wildman–Crippen LogP) is 3.64. The van der Waals surface area contributed by atoms with E-state index in [0.717, 1.165) is 12.0 Å². The molecule has 0 saturated carbocycles. The molecule has 82 valence electrons. The molecule has 0 radical (unpaired) electrons. The van der Waals surface area contributed by atoms with Crippen LogP contribution in [-0.4, -0.2) is 6.04 Å². The minimum Gasteiger partial charge on any atom is -0.310 e. The normalized spacial score (nSPS) is 12.5. The molecule has 0 aromatic heterocycles.